The number of nitrogens with zero attached hydrogens (tertiary/aromatic N) is 1. The highest BCUT2D eigenvalue weighted by Crippen LogP contribution is 2.24. The summed E-state index contributed by atoms with van der Waals surface area (Å²) in [5.74, 6) is -0.213. The van der Waals surface area contributed by atoms with Crippen molar-refractivity contribution in [3.8, 4) is 0 Å². The second kappa shape index (κ2) is 7.55. The molecule has 1 aliphatic rings. The van der Waals surface area contributed by atoms with Crippen LogP contribution in [0, 0.1) is 11.7 Å². The molecule has 3 rings (SSSR count). The monoisotopic (exact) mass is 413 g/mol. The lowest BCUT2D eigenvalue weighted by atomic mass is 10.1. The first kappa shape index (κ1) is 19.7. The van der Waals surface area contributed by atoms with Crippen molar-refractivity contribution in [2.24, 2.45) is 11.1 Å². The number of anilines is 1. The van der Waals surface area contributed by atoms with Gasteiger partial charge in [-0.3, -0.25) is 0 Å². The van der Waals surface area contributed by atoms with E-state index < -0.39 is 20.0 Å². The smallest absolute Gasteiger partial charge is 0.240 e. The summed E-state index contributed by atoms with van der Waals surface area (Å²) in [6.45, 7) is 1.62. The van der Waals surface area contributed by atoms with Crippen LogP contribution in [0.1, 0.15) is 6.42 Å². The summed E-state index contributed by atoms with van der Waals surface area (Å²) >= 11 is 0. The molecule has 1 unspecified atom stereocenters. The largest absolute Gasteiger partial charge is 0.371 e. The fourth-order valence-corrected chi connectivity index (χ4v) is 4.81. The Morgan fingerprint density at radius 2 is 1.74 bits per heavy atom. The van der Waals surface area contributed by atoms with Gasteiger partial charge in [0.15, 0.2) is 0 Å². The summed E-state index contributed by atoms with van der Waals surface area (Å²) in [5, 5.41) is 5.05. The van der Waals surface area contributed by atoms with Crippen LogP contribution < -0.4 is 14.8 Å². The van der Waals surface area contributed by atoms with Crippen LogP contribution in [0.5, 0.6) is 0 Å². The molecule has 0 aromatic heterocycles. The minimum absolute atomic E-state index is 0.0891. The molecule has 1 heterocycles. The zero-order chi connectivity index (χ0) is 19.7. The Morgan fingerprint density at radius 3 is 2.41 bits per heavy atom. The van der Waals surface area contributed by atoms with E-state index in [9.17, 15) is 21.2 Å². The van der Waals surface area contributed by atoms with E-state index in [1.54, 1.807) is 12.1 Å². The van der Waals surface area contributed by atoms with E-state index in [1.807, 2.05) is 0 Å². The number of sulfonamides is 2. The predicted octanol–water partition coefficient (Wildman–Crippen LogP) is 1.28. The van der Waals surface area contributed by atoms with E-state index in [0.29, 0.717) is 6.54 Å². The third-order valence-electron chi connectivity index (χ3n) is 4.48. The molecule has 27 heavy (non-hydrogen) atoms. The molecule has 3 N–H and O–H groups in total. The lowest BCUT2D eigenvalue weighted by Gasteiger charge is -2.19. The van der Waals surface area contributed by atoms with Crippen molar-refractivity contribution in [2.45, 2.75) is 16.2 Å². The van der Waals surface area contributed by atoms with Crippen molar-refractivity contribution in [1.29, 1.82) is 0 Å². The normalized spacial score (nSPS) is 18.0. The van der Waals surface area contributed by atoms with Gasteiger partial charge in [0.25, 0.3) is 0 Å². The zero-order valence-corrected chi connectivity index (χ0v) is 16.0. The van der Waals surface area contributed by atoms with Gasteiger partial charge >= 0.3 is 0 Å². The SMILES string of the molecule is NS(=O)(=O)c1cccc(S(=O)(=O)NCC2CCN(c3ccc(F)cc3)C2)c1. The van der Waals surface area contributed by atoms with E-state index in [4.69, 9.17) is 5.14 Å². The molecule has 2 aromatic rings. The molecule has 1 saturated heterocycles. The van der Waals surface area contributed by atoms with Crippen LogP contribution in [-0.4, -0.2) is 36.5 Å². The minimum atomic E-state index is -3.98. The van der Waals surface area contributed by atoms with E-state index in [2.05, 4.69) is 9.62 Å². The maximum Gasteiger partial charge on any atom is 0.240 e. The second-order valence-electron chi connectivity index (χ2n) is 6.45. The number of nitrogens with one attached hydrogen (secondary N) is 1. The third-order valence-corrected chi connectivity index (χ3v) is 6.82. The molecule has 10 heteroatoms. The average Bonchev–Trinajstić information content (AvgIpc) is 3.09. The van der Waals surface area contributed by atoms with Crippen molar-refractivity contribution in [3.05, 3.63) is 54.3 Å². The van der Waals surface area contributed by atoms with Crippen molar-refractivity contribution in [1.82, 2.24) is 4.72 Å². The molecule has 7 nitrogen and oxygen atoms in total. The number of nitrogens with two attached hydrogens (primary N) is 1. The van der Waals surface area contributed by atoms with Crippen LogP contribution >= 0.6 is 0 Å². The summed E-state index contributed by atoms with van der Waals surface area (Å²) < 4.78 is 63.3. The summed E-state index contributed by atoms with van der Waals surface area (Å²) in [4.78, 5) is 1.66. The first-order chi connectivity index (χ1) is 12.6. The molecule has 1 fully saturated rings. The van der Waals surface area contributed by atoms with Gasteiger partial charge in [-0.25, -0.2) is 31.1 Å². The number of rotatable bonds is 6. The van der Waals surface area contributed by atoms with Gasteiger partial charge in [0.1, 0.15) is 5.82 Å². The number of primary sulfonamides is 1. The van der Waals surface area contributed by atoms with Crippen LogP contribution in [0.25, 0.3) is 0 Å². The Kier molecular flexibility index (Phi) is 5.52. The Hall–Kier alpha value is -2.01. The number of benzene rings is 2. The summed E-state index contributed by atoms with van der Waals surface area (Å²) in [6, 6.07) is 11.1. The maximum atomic E-state index is 13.0. The van der Waals surface area contributed by atoms with Gasteiger partial charge in [0, 0.05) is 25.3 Å². The van der Waals surface area contributed by atoms with E-state index >= 15 is 0 Å². The molecule has 0 spiro atoms. The van der Waals surface area contributed by atoms with Crippen molar-refractivity contribution >= 4 is 25.7 Å². The highest BCUT2D eigenvalue weighted by Gasteiger charge is 2.25. The average molecular weight is 413 g/mol. The Bertz CT molecular complexity index is 1020. The van der Waals surface area contributed by atoms with E-state index in [1.165, 1.54) is 30.3 Å². The van der Waals surface area contributed by atoms with Gasteiger partial charge < -0.3 is 4.90 Å². The molecule has 1 aliphatic heterocycles. The van der Waals surface area contributed by atoms with Crippen molar-refractivity contribution in [2.75, 3.05) is 24.5 Å². The van der Waals surface area contributed by atoms with Gasteiger partial charge in [-0.15, -0.1) is 0 Å². The third kappa shape index (κ3) is 4.83. The predicted molar refractivity (Wildman–Crippen MR) is 99.7 cm³/mol. The Morgan fingerprint density at radius 1 is 1.07 bits per heavy atom. The highest BCUT2D eigenvalue weighted by atomic mass is 32.2. The summed E-state index contributed by atoms with van der Waals surface area (Å²) in [6.07, 6.45) is 0.789. The summed E-state index contributed by atoms with van der Waals surface area (Å²) in [7, 11) is -7.84. The summed E-state index contributed by atoms with van der Waals surface area (Å²) in [5.41, 5.74) is 0.891. The Labute approximate surface area is 158 Å². The fourth-order valence-electron chi connectivity index (χ4n) is 3.01. The van der Waals surface area contributed by atoms with Crippen LogP contribution in [0.15, 0.2) is 58.3 Å². The first-order valence-electron chi connectivity index (χ1n) is 8.28. The quantitative estimate of drug-likeness (QED) is 0.741. The van der Waals surface area contributed by atoms with Gasteiger partial charge in [-0.05, 0) is 54.8 Å². The van der Waals surface area contributed by atoms with E-state index in [0.717, 1.165) is 24.7 Å². The molecule has 0 aliphatic carbocycles. The molecule has 146 valence electrons. The highest BCUT2D eigenvalue weighted by molar-refractivity contribution is 7.90. The molecule has 0 bridgehead atoms. The number of hydrogen-bond donors (Lipinski definition) is 2. The van der Waals surface area contributed by atoms with Gasteiger partial charge in [-0.1, -0.05) is 6.07 Å². The molecule has 0 amide bonds. The van der Waals surface area contributed by atoms with Gasteiger partial charge in [0.05, 0.1) is 9.79 Å². The molecule has 0 radical (unpaired) electrons. The fraction of sp³-hybridized carbons (Fsp3) is 0.294. The molecule has 2 aromatic carbocycles. The van der Waals surface area contributed by atoms with Crippen molar-refractivity contribution in [3.63, 3.8) is 0 Å². The van der Waals surface area contributed by atoms with Gasteiger partial charge in [-0.2, -0.15) is 0 Å². The van der Waals surface area contributed by atoms with Crippen LogP contribution in [-0.2, 0) is 20.0 Å². The first-order valence-corrected chi connectivity index (χ1v) is 11.3. The maximum absolute atomic E-state index is 13.0. The number of halogens is 1. The van der Waals surface area contributed by atoms with Crippen molar-refractivity contribution < 1.29 is 21.2 Å². The van der Waals surface area contributed by atoms with Gasteiger partial charge in [0.2, 0.25) is 20.0 Å². The topological polar surface area (TPSA) is 110 Å². The van der Waals surface area contributed by atoms with Crippen LogP contribution in [0.3, 0.4) is 0 Å². The molecule has 1 atom stereocenters. The molecular formula is C17H20FN3O4S2. The second-order valence-corrected chi connectivity index (χ2v) is 9.78. The van der Waals surface area contributed by atoms with Crippen LogP contribution in [0.2, 0.25) is 0 Å². The lowest BCUT2D eigenvalue weighted by Crippen LogP contribution is -2.31. The van der Waals surface area contributed by atoms with E-state index in [-0.39, 0.29) is 28.1 Å². The van der Waals surface area contributed by atoms with Crippen LogP contribution in [0.4, 0.5) is 10.1 Å². The standard InChI is InChI=1S/C17H20FN3O4S2/c18-14-4-6-15(7-5-14)21-9-8-13(12-21)11-20-27(24,25)17-3-1-2-16(10-17)26(19,22)23/h1-7,10,13,20H,8-9,11-12H2,(H2,19,22,23). The number of hydrogen-bond acceptors (Lipinski definition) is 5. The molecular weight excluding hydrogens is 393 g/mol. The Balaban J connectivity index is 1.64. The molecule has 0 saturated carbocycles. The minimum Gasteiger partial charge on any atom is -0.371 e. The zero-order valence-electron chi connectivity index (χ0n) is 14.4. The lowest BCUT2D eigenvalue weighted by molar-refractivity contribution is 0.541.